The van der Waals surface area contributed by atoms with Gasteiger partial charge in [0.2, 0.25) is 0 Å². The van der Waals surface area contributed by atoms with Gasteiger partial charge in [0.1, 0.15) is 12.2 Å². The monoisotopic (exact) mass is 362 g/mol. The van der Waals surface area contributed by atoms with E-state index in [4.69, 9.17) is 18.9 Å². The van der Waals surface area contributed by atoms with E-state index in [0.29, 0.717) is 0 Å². The summed E-state index contributed by atoms with van der Waals surface area (Å²) in [6, 6.07) is 0. The van der Waals surface area contributed by atoms with Crippen LogP contribution in [0.5, 0.6) is 0 Å². The van der Waals surface area contributed by atoms with Crippen molar-refractivity contribution < 1.29 is 18.9 Å². The van der Waals surface area contributed by atoms with Crippen molar-refractivity contribution in [2.75, 3.05) is 6.26 Å². The molecular weight excluding hydrogens is 324 g/mol. The Bertz CT molecular complexity index is 392. The zero-order valence-electron chi connectivity index (χ0n) is 17.4. The Labute approximate surface area is 153 Å². The number of hydrogen-bond acceptors (Lipinski definition) is 5. The molecule has 1 aliphatic rings. The first-order valence-corrected chi connectivity index (χ1v) is 10.1. The van der Waals surface area contributed by atoms with E-state index in [0.717, 1.165) is 0 Å². The van der Waals surface area contributed by atoms with Crippen LogP contribution in [0.1, 0.15) is 69.2 Å². The van der Waals surface area contributed by atoms with Crippen molar-refractivity contribution in [3.63, 3.8) is 0 Å². The molecule has 1 saturated heterocycles. The average Bonchev–Trinajstić information content (AvgIpc) is 2.29. The molecule has 0 aromatic rings. The van der Waals surface area contributed by atoms with Gasteiger partial charge in [0, 0.05) is 0 Å². The summed E-state index contributed by atoms with van der Waals surface area (Å²) in [7, 11) is 0. The number of thioether (sulfide) groups is 1. The van der Waals surface area contributed by atoms with Gasteiger partial charge in [-0.05, 0) is 75.5 Å². The van der Waals surface area contributed by atoms with E-state index in [9.17, 15) is 0 Å². The lowest BCUT2D eigenvalue weighted by atomic mass is 9.99. The Balaban J connectivity index is 3.19. The second-order valence-electron chi connectivity index (χ2n) is 9.53. The highest BCUT2D eigenvalue weighted by Gasteiger charge is 2.49. The smallest absolute Gasteiger partial charge is 0.187 e. The fourth-order valence-corrected chi connectivity index (χ4v) is 3.74. The summed E-state index contributed by atoms with van der Waals surface area (Å²) in [5.74, 6) is 0. The minimum absolute atomic E-state index is 0.0273. The molecule has 4 nitrogen and oxygen atoms in total. The molecular formula is C19H38O4S. The molecule has 1 rings (SSSR count). The minimum Gasteiger partial charge on any atom is -0.368 e. The first-order chi connectivity index (χ1) is 10.6. The highest BCUT2D eigenvalue weighted by atomic mass is 32.2. The largest absolute Gasteiger partial charge is 0.368 e. The van der Waals surface area contributed by atoms with E-state index >= 15 is 0 Å². The van der Waals surface area contributed by atoms with Crippen molar-refractivity contribution >= 4 is 11.8 Å². The van der Waals surface area contributed by atoms with Crippen LogP contribution in [0.15, 0.2) is 0 Å². The molecule has 1 aliphatic heterocycles. The van der Waals surface area contributed by atoms with Crippen LogP contribution in [0, 0.1) is 0 Å². The van der Waals surface area contributed by atoms with Crippen LogP contribution in [0.3, 0.4) is 0 Å². The lowest BCUT2D eigenvalue weighted by molar-refractivity contribution is -0.322. The molecule has 1 fully saturated rings. The topological polar surface area (TPSA) is 36.9 Å². The van der Waals surface area contributed by atoms with Crippen LogP contribution in [0.4, 0.5) is 0 Å². The predicted octanol–water partition coefficient (Wildman–Crippen LogP) is 4.65. The summed E-state index contributed by atoms with van der Waals surface area (Å²) >= 11 is 1.77. The fourth-order valence-electron chi connectivity index (χ4n) is 2.82. The number of ether oxygens (including phenoxy) is 4. The summed E-state index contributed by atoms with van der Waals surface area (Å²) in [6.07, 6.45) is 1.30. The van der Waals surface area contributed by atoms with Crippen molar-refractivity contribution in [2.45, 2.75) is 116 Å². The molecule has 0 aliphatic carbocycles. The molecule has 0 N–H and O–H groups in total. The highest BCUT2D eigenvalue weighted by Crippen LogP contribution is 2.37. The van der Waals surface area contributed by atoms with Gasteiger partial charge in [-0.15, -0.1) is 0 Å². The van der Waals surface area contributed by atoms with Gasteiger partial charge >= 0.3 is 0 Å². The standard InChI is InChI=1S/C19H38O4S/c1-12-15(24-11)13(21-17(2,3)4)14(22-18(5,6)7)16(20-12)23-19(8,9)10/h12-16H,1-11H3. The summed E-state index contributed by atoms with van der Waals surface area (Å²) in [5.41, 5.74) is -0.888. The minimum atomic E-state index is -0.449. The van der Waals surface area contributed by atoms with Crippen LogP contribution in [0.25, 0.3) is 0 Å². The van der Waals surface area contributed by atoms with Crippen LogP contribution in [-0.4, -0.2) is 52.9 Å². The Morgan fingerprint density at radius 3 is 1.50 bits per heavy atom. The normalized spacial score (nSPS) is 32.9. The first-order valence-electron chi connectivity index (χ1n) is 8.85. The fraction of sp³-hybridized carbons (Fsp3) is 1.00. The Morgan fingerprint density at radius 2 is 1.12 bits per heavy atom. The van der Waals surface area contributed by atoms with Crippen molar-refractivity contribution in [3.05, 3.63) is 0 Å². The van der Waals surface area contributed by atoms with E-state index in [1.165, 1.54) is 0 Å². The second kappa shape index (κ2) is 7.83. The molecule has 144 valence electrons. The molecule has 1 heterocycles. The molecule has 24 heavy (non-hydrogen) atoms. The average molecular weight is 363 g/mol. The van der Waals surface area contributed by atoms with Gasteiger partial charge in [-0.1, -0.05) is 0 Å². The molecule has 0 saturated carbocycles. The molecule has 0 aromatic heterocycles. The van der Waals surface area contributed by atoms with Gasteiger partial charge in [-0.25, -0.2) is 0 Å². The lowest BCUT2D eigenvalue weighted by Gasteiger charge is -2.49. The van der Waals surface area contributed by atoms with Crippen LogP contribution in [0.2, 0.25) is 0 Å². The second-order valence-corrected chi connectivity index (χ2v) is 10.5. The highest BCUT2D eigenvalue weighted by molar-refractivity contribution is 7.99. The van der Waals surface area contributed by atoms with Gasteiger partial charge in [0.15, 0.2) is 6.29 Å². The van der Waals surface area contributed by atoms with Gasteiger partial charge in [-0.2, -0.15) is 11.8 Å². The third-order valence-electron chi connectivity index (χ3n) is 3.45. The van der Waals surface area contributed by atoms with Crippen molar-refractivity contribution in [1.29, 1.82) is 0 Å². The van der Waals surface area contributed by atoms with Crippen LogP contribution < -0.4 is 0 Å². The van der Waals surface area contributed by atoms with E-state index in [1.807, 2.05) is 20.8 Å². The van der Waals surface area contributed by atoms with Gasteiger partial charge in [0.25, 0.3) is 0 Å². The maximum atomic E-state index is 6.45. The quantitative estimate of drug-likeness (QED) is 0.728. The third-order valence-corrected chi connectivity index (χ3v) is 4.64. The van der Waals surface area contributed by atoms with E-state index < -0.39 is 6.29 Å². The zero-order valence-corrected chi connectivity index (χ0v) is 18.2. The Morgan fingerprint density at radius 1 is 0.708 bits per heavy atom. The summed E-state index contributed by atoms with van der Waals surface area (Å²) in [5, 5.41) is 0.191. The molecule has 5 heteroatoms. The van der Waals surface area contributed by atoms with Gasteiger partial charge < -0.3 is 18.9 Å². The Hall–Kier alpha value is 0.190. The van der Waals surface area contributed by atoms with Crippen LogP contribution in [-0.2, 0) is 18.9 Å². The summed E-state index contributed by atoms with van der Waals surface area (Å²) < 4.78 is 25.3. The summed E-state index contributed by atoms with van der Waals surface area (Å²) in [6.45, 7) is 20.6. The number of hydrogen-bond donors (Lipinski definition) is 0. The first kappa shape index (κ1) is 22.2. The van der Waals surface area contributed by atoms with E-state index in [-0.39, 0.29) is 40.4 Å². The number of rotatable bonds is 4. The molecule has 0 bridgehead atoms. The van der Waals surface area contributed by atoms with Crippen molar-refractivity contribution in [2.24, 2.45) is 0 Å². The van der Waals surface area contributed by atoms with Crippen molar-refractivity contribution in [3.8, 4) is 0 Å². The molecule has 0 spiro atoms. The van der Waals surface area contributed by atoms with Crippen LogP contribution >= 0.6 is 11.8 Å². The SMILES string of the molecule is CSC1C(C)OC(OC(C)(C)C)C(OC(C)(C)C)C1OC(C)(C)C. The maximum Gasteiger partial charge on any atom is 0.187 e. The van der Waals surface area contributed by atoms with E-state index in [1.54, 1.807) is 11.8 Å². The zero-order chi connectivity index (χ0) is 18.9. The maximum absolute atomic E-state index is 6.45. The molecule has 5 unspecified atom stereocenters. The molecule has 0 amide bonds. The third kappa shape index (κ3) is 7.20. The van der Waals surface area contributed by atoms with Crippen molar-refractivity contribution in [1.82, 2.24) is 0 Å². The molecule has 5 atom stereocenters. The summed E-state index contributed by atoms with van der Waals surface area (Å²) in [4.78, 5) is 0. The van der Waals surface area contributed by atoms with Gasteiger partial charge in [0.05, 0.1) is 28.2 Å². The Kier molecular flexibility index (Phi) is 7.25. The van der Waals surface area contributed by atoms with E-state index in [2.05, 4.69) is 54.7 Å². The predicted molar refractivity (Wildman–Crippen MR) is 102 cm³/mol. The lowest BCUT2D eigenvalue weighted by Crippen LogP contribution is -2.61. The molecule has 0 aromatic carbocycles. The molecule has 0 radical (unpaired) electrons. The van der Waals surface area contributed by atoms with Gasteiger partial charge in [-0.3, -0.25) is 0 Å².